The van der Waals surface area contributed by atoms with Crippen molar-refractivity contribution in [3.8, 4) is 0 Å². The van der Waals surface area contributed by atoms with E-state index in [9.17, 15) is 0 Å². The molecule has 0 aliphatic heterocycles. The molecule has 0 atom stereocenters. The Bertz CT molecular complexity index is 1370. The van der Waals surface area contributed by atoms with Crippen molar-refractivity contribution in [1.29, 1.82) is 0 Å². The first-order valence-corrected chi connectivity index (χ1v) is 14.2. The molecule has 0 aliphatic carbocycles. The summed E-state index contributed by atoms with van der Waals surface area (Å²) in [5.41, 5.74) is 12.3. The van der Waals surface area contributed by atoms with Crippen LogP contribution in [-0.2, 0) is 19.3 Å². The Morgan fingerprint density at radius 3 is 1.15 bits per heavy atom. The van der Waals surface area contributed by atoms with E-state index in [4.69, 9.17) is 28.9 Å². The molecule has 212 valence electrons. The first kappa shape index (κ1) is 31.3. The van der Waals surface area contributed by atoms with E-state index in [1.807, 2.05) is 12.1 Å². The molecule has 0 spiro atoms. The highest BCUT2D eigenvalue weighted by atomic mass is 35.5. The number of anilines is 5. The second-order valence-corrected chi connectivity index (χ2v) is 9.55. The summed E-state index contributed by atoms with van der Waals surface area (Å²) >= 11 is 10.8. The topological polar surface area (TPSA) is 102 Å². The summed E-state index contributed by atoms with van der Waals surface area (Å²) in [6.07, 6.45) is 9.49. The van der Waals surface area contributed by atoms with Crippen LogP contribution in [0.4, 0.5) is 28.7 Å². The van der Waals surface area contributed by atoms with E-state index in [0.717, 1.165) is 36.3 Å². The van der Waals surface area contributed by atoms with Gasteiger partial charge in [-0.25, -0.2) is 19.9 Å². The second-order valence-electron chi connectivity index (χ2n) is 8.84. The van der Waals surface area contributed by atoms with Gasteiger partial charge in [0.25, 0.3) is 0 Å². The number of nitrogens with zero attached hydrogens (tertiary/aromatic N) is 4. The van der Waals surface area contributed by atoms with Crippen LogP contribution in [0.2, 0.25) is 10.3 Å². The summed E-state index contributed by atoms with van der Waals surface area (Å²) in [5, 5.41) is 7.15. The Labute approximate surface area is 252 Å². The standard InChI is InChI=1S/C20H22N4.C8H11N.C4H2Cl2N2/c1-3-15-5-9-17(10-6-15)23-19-20(22-14-13-21-19)24-18-11-7-16(4-2)8-12-18;1-2-7-3-5-8(9)6-4-7;5-3-4(6)8-2-1-7-3/h5-14H,3-4H2,1-2H3,(H,21,23)(H,22,24);3-6H,2,9H2,1H3;1-2H. The maximum atomic E-state index is 5.48. The number of halogens is 2. The third kappa shape index (κ3) is 10.7. The number of aromatic nitrogens is 4. The Kier molecular flexibility index (Phi) is 12.8. The van der Waals surface area contributed by atoms with E-state index in [1.54, 1.807) is 12.4 Å². The quantitative estimate of drug-likeness (QED) is 0.164. The highest BCUT2D eigenvalue weighted by Gasteiger charge is 2.06. The molecule has 0 saturated heterocycles. The van der Waals surface area contributed by atoms with Crippen molar-refractivity contribution in [2.45, 2.75) is 40.0 Å². The van der Waals surface area contributed by atoms with Gasteiger partial charge in [0.1, 0.15) is 0 Å². The average Bonchev–Trinajstić information content (AvgIpc) is 3.01. The van der Waals surface area contributed by atoms with Gasteiger partial charge in [0.05, 0.1) is 0 Å². The van der Waals surface area contributed by atoms with Gasteiger partial charge in [-0.3, -0.25) is 0 Å². The first-order valence-electron chi connectivity index (χ1n) is 13.4. The van der Waals surface area contributed by atoms with Crippen LogP contribution in [0, 0.1) is 0 Å². The fourth-order valence-electron chi connectivity index (χ4n) is 3.50. The van der Waals surface area contributed by atoms with Crippen LogP contribution in [-0.4, -0.2) is 19.9 Å². The third-order valence-electron chi connectivity index (χ3n) is 5.95. The molecule has 3 aromatic carbocycles. The molecule has 5 rings (SSSR count). The molecule has 4 N–H and O–H groups in total. The molecular weight excluding hydrogens is 553 g/mol. The molecule has 0 bridgehead atoms. The number of hydrogen-bond donors (Lipinski definition) is 3. The van der Waals surface area contributed by atoms with Crippen molar-refractivity contribution < 1.29 is 0 Å². The van der Waals surface area contributed by atoms with Crippen LogP contribution in [0.5, 0.6) is 0 Å². The molecule has 7 nitrogen and oxygen atoms in total. The van der Waals surface area contributed by atoms with Crippen molar-refractivity contribution in [2.75, 3.05) is 16.4 Å². The lowest BCUT2D eigenvalue weighted by atomic mass is 10.1. The van der Waals surface area contributed by atoms with Crippen molar-refractivity contribution in [1.82, 2.24) is 19.9 Å². The number of nitrogens with two attached hydrogens (primary N) is 1. The van der Waals surface area contributed by atoms with E-state index in [1.165, 1.54) is 29.1 Å². The maximum absolute atomic E-state index is 5.48. The zero-order valence-corrected chi connectivity index (χ0v) is 25.0. The number of nitrogens with one attached hydrogen (secondary N) is 2. The predicted molar refractivity (Wildman–Crippen MR) is 173 cm³/mol. The van der Waals surface area contributed by atoms with Gasteiger partial charge in [-0.2, -0.15) is 0 Å². The highest BCUT2D eigenvalue weighted by Crippen LogP contribution is 2.24. The smallest absolute Gasteiger partial charge is 0.173 e. The summed E-state index contributed by atoms with van der Waals surface area (Å²) in [7, 11) is 0. The van der Waals surface area contributed by atoms with E-state index < -0.39 is 0 Å². The van der Waals surface area contributed by atoms with Crippen LogP contribution >= 0.6 is 23.2 Å². The van der Waals surface area contributed by atoms with Gasteiger partial charge < -0.3 is 16.4 Å². The van der Waals surface area contributed by atoms with Crippen molar-refractivity contribution in [3.05, 3.63) is 125 Å². The molecule has 0 unspecified atom stereocenters. The number of hydrogen-bond acceptors (Lipinski definition) is 7. The minimum atomic E-state index is 0.245. The maximum Gasteiger partial charge on any atom is 0.173 e. The summed E-state index contributed by atoms with van der Waals surface area (Å²) in [6, 6.07) is 24.7. The molecule has 41 heavy (non-hydrogen) atoms. The van der Waals surface area contributed by atoms with Crippen LogP contribution < -0.4 is 16.4 Å². The van der Waals surface area contributed by atoms with Gasteiger partial charge in [0, 0.05) is 41.8 Å². The van der Waals surface area contributed by atoms with Crippen LogP contribution in [0.25, 0.3) is 0 Å². The van der Waals surface area contributed by atoms with E-state index in [2.05, 4.69) is 112 Å². The Balaban J connectivity index is 0.000000221. The molecule has 0 saturated carbocycles. The number of nitrogen functional groups attached to an aromatic ring is 1. The van der Waals surface area contributed by atoms with Gasteiger partial charge in [-0.15, -0.1) is 0 Å². The molecule has 2 aromatic heterocycles. The summed E-state index contributed by atoms with van der Waals surface area (Å²) in [6.45, 7) is 6.43. The zero-order valence-electron chi connectivity index (χ0n) is 23.5. The average molecular weight is 589 g/mol. The third-order valence-corrected chi connectivity index (χ3v) is 6.60. The lowest BCUT2D eigenvalue weighted by Crippen LogP contribution is -2.02. The van der Waals surface area contributed by atoms with Gasteiger partial charge in [-0.05, 0) is 72.4 Å². The lowest BCUT2D eigenvalue weighted by molar-refractivity contribution is 1.14. The Morgan fingerprint density at radius 1 is 0.512 bits per heavy atom. The van der Waals surface area contributed by atoms with E-state index >= 15 is 0 Å². The van der Waals surface area contributed by atoms with Crippen molar-refractivity contribution >= 4 is 51.9 Å². The molecule has 5 aromatic rings. The number of benzene rings is 3. The van der Waals surface area contributed by atoms with Crippen LogP contribution in [0.3, 0.4) is 0 Å². The second kappa shape index (κ2) is 16.8. The largest absolute Gasteiger partial charge is 0.399 e. The minimum Gasteiger partial charge on any atom is -0.399 e. The summed E-state index contributed by atoms with van der Waals surface area (Å²) in [4.78, 5) is 16.1. The highest BCUT2D eigenvalue weighted by molar-refractivity contribution is 6.40. The fourth-order valence-corrected chi connectivity index (χ4v) is 3.71. The molecule has 0 amide bonds. The van der Waals surface area contributed by atoms with Gasteiger partial charge >= 0.3 is 0 Å². The van der Waals surface area contributed by atoms with Crippen molar-refractivity contribution in [2.24, 2.45) is 0 Å². The fraction of sp³-hybridized carbons (Fsp3) is 0.188. The number of aryl methyl sites for hydroxylation is 3. The van der Waals surface area contributed by atoms with Gasteiger partial charge in [0.2, 0.25) is 0 Å². The molecule has 9 heteroatoms. The van der Waals surface area contributed by atoms with Crippen LogP contribution in [0.1, 0.15) is 37.5 Å². The molecule has 0 aliphatic rings. The minimum absolute atomic E-state index is 0.245. The number of rotatable bonds is 7. The summed E-state index contributed by atoms with van der Waals surface area (Å²) in [5.74, 6) is 1.42. The first-order chi connectivity index (χ1) is 19.9. The van der Waals surface area contributed by atoms with Crippen molar-refractivity contribution in [3.63, 3.8) is 0 Å². The summed E-state index contributed by atoms with van der Waals surface area (Å²) < 4.78 is 0. The Morgan fingerprint density at radius 2 is 0.829 bits per heavy atom. The molecule has 2 heterocycles. The monoisotopic (exact) mass is 587 g/mol. The van der Waals surface area contributed by atoms with E-state index in [0.29, 0.717) is 11.6 Å². The molecule has 0 fully saturated rings. The predicted octanol–water partition coefficient (Wildman–Crippen LogP) is 8.70. The molecular formula is C32H35Cl2N7. The van der Waals surface area contributed by atoms with Crippen LogP contribution in [0.15, 0.2) is 97.6 Å². The Hall–Kier alpha value is -4.20. The molecule has 0 radical (unpaired) electrons. The van der Waals surface area contributed by atoms with E-state index in [-0.39, 0.29) is 10.3 Å². The van der Waals surface area contributed by atoms with Gasteiger partial charge in [0.15, 0.2) is 21.9 Å². The SMILES string of the molecule is CCc1ccc(N)cc1.CCc1ccc(Nc2nccnc2Nc2ccc(CC)cc2)cc1.Clc1nccnc1Cl. The zero-order chi connectivity index (χ0) is 29.5. The normalized spacial score (nSPS) is 9.98. The lowest BCUT2D eigenvalue weighted by Gasteiger charge is -2.12. The van der Waals surface area contributed by atoms with Gasteiger partial charge in [-0.1, -0.05) is 80.4 Å².